The Morgan fingerprint density at radius 1 is 1.00 bits per heavy atom. The summed E-state index contributed by atoms with van der Waals surface area (Å²) in [4.78, 5) is 24.7. The van der Waals surface area contributed by atoms with E-state index in [2.05, 4.69) is 10.6 Å². The van der Waals surface area contributed by atoms with Crippen LogP contribution < -0.4 is 15.5 Å². The maximum atomic E-state index is 13.5. The van der Waals surface area contributed by atoms with Crippen LogP contribution in [0.1, 0.15) is 11.1 Å². The van der Waals surface area contributed by atoms with Crippen molar-refractivity contribution < 1.29 is 18.9 Å². The molecular weight excluding hydrogens is 321 g/mol. The van der Waals surface area contributed by atoms with Gasteiger partial charge in [0.25, 0.3) is 11.8 Å². The number of likely N-dealkylation sites (N-methyl/N-ethyl adjacent to an activating group) is 1. The first kappa shape index (κ1) is 18.6. The largest absolute Gasteiger partial charge is 0.347 e. The fourth-order valence-electron chi connectivity index (χ4n) is 2.35. The van der Waals surface area contributed by atoms with Crippen LogP contribution in [0.25, 0.3) is 0 Å². The predicted molar refractivity (Wildman–Crippen MR) is 94.7 cm³/mol. The van der Waals surface area contributed by atoms with E-state index in [1.165, 1.54) is 6.07 Å². The summed E-state index contributed by atoms with van der Waals surface area (Å²) in [6, 6.07) is 13.8. The van der Waals surface area contributed by atoms with E-state index in [0.29, 0.717) is 5.56 Å². The van der Waals surface area contributed by atoms with Crippen molar-refractivity contribution >= 4 is 17.5 Å². The van der Waals surface area contributed by atoms with Gasteiger partial charge in [-0.2, -0.15) is 0 Å². The van der Waals surface area contributed by atoms with Gasteiger partial charge in [-0.25, -0.2) is 4.39 Å². The second kappa shape index (κ2) is 8.94. The van der Waals surface area contributed by atoms with E-state index >= 15 is 0 Å². The van der Waals surface area contributed by atoms with Gasteiger partial charge in [-0.1, -0.05) is 35.9 Å². The summed E-state index contributed by atoms with van der Waals surface area (Å²) in [5.41, 5.74) is 2.28. The van der Waals surface area contributed by atoms with Crippen LogP contribution >= 0.6 is 0 Å². The molecule has 0 fully saturated rings. The first-order valence-electron chi connectivity index (χ1n) is 8.12. The fourth-order valence-corrected chi connectivity index (χ4v) is 2.35. The van der Waals surface area contributed by atoms with Gasteiger partial charge in [0.2, 0.25) is 0 Å². The van der Waals surface area contributed by atoms with Crippen molar-refractivity contribution in [3.8, 4) is 0 Å². The Morgan fingerprint density at radius 3 is 2.32 bits per heavy atom. The van der Waals surface area contributed by atoms with E-state index in [1.807, 2.05) is 31.2 Å². The molecule has 1 unspecified atom stereocenters. The van der Waals surface area contributed by atoms with Crippen LogP contribution in [0.5, 0.6) is 0 Å². The highest BCUT2D eigenvalue weighted by molar-refractivity contribution is 5.91. The highest BCUT2D eigenvalue weighted by Gasteiger charge is 2.14. The van der Waals surface area contributed by atoms with Gasteiger partial charge in [-0.3, -0.25) is 9.59 Å². The smallest absolute Gasteiger partial charge is 0.279 e. The molecule has 132 valence electrons. The molecule has 0 aromatic heterocycles. The maximum Gasteiger partial charge on any atom is 0.279 e. The highest BCUT2D eigenvalue weighted by Crippen LogP contribution is 2.07. The van der Waals surface area contributed by atoms with Crippen molar-refractivity contribution in [2.75, 3.05) is 25.5 Å². The summed E-state index contributed by atoms with van der Waals surface area (Å²) in [6.07, 6.45) is 0. The van der Waals surface area contributed by atoms with Crippen LogP contribution in [0.3, 0.4) is 0 Å². The van der Waals surface area contributed by atoms with Crippen LogP contribution in [0.15, 0.2) is 48.5 Å². The molecule has 1 atom stereocenters. The zero-order valence-corrected chi connectivity index (χ0v) is 14.4. The molecule has 5 nitrogen and oxygen atoms in total. The van der Waals surface area contributed by atoms with Gasteiger partial charge in [0.05, 0.1) is 7.05 Å². The van der Waals surface area contributed by atoms with Crippen molar-refractivity contribution in [3.05, 3.63) is 65.5 Å². The number of carbonyl (C=O) groups is 2. The molecule has 0 bridgehead atoms. The Hall–Kier alpha value is -2.73. The molecule has 2 aromatic rings. The monoisotopic (exact) mass is 344 g/mol. The average Bonchev–Trinajstić information content (AvgIpc) is 2.56. The SMILES string of the molecule is Cc1ccc(NC(=O)C[NH+](C)CC(=O)NCc2ccccc2F)cc1. The molecule has 25 heavy (non-hydrogen) atoms. The molecule has 0 aliphatic rings. The number of anilines is 1. The summed E-state index contributed by atoms with van der Waals surface area (Å²) >= 11 is 0. The van der Waals surface area contributed by atoms with E-state index < -0.39 is 0 Å². The van der Waals surface area contributed by atoms with Gasteiger partial charge in [-0.15, -0.1) is 0 Å². The zero-order valence-electron chi connectivity index (χ0n) is 14.4. The number of halogens is 1. The summed E-state index contributed by atoms with van der Waals surface area (Å²) in [7, 11) is 1.76. The van der Waals surface area contributed by atoms with Gasteiger partial charge < -0.3 is 15.5 Å². The summed E-state index contributed by atoms with van der Waals surface area (Å²) in [6.45, 7) is 2.41. The van der Waals surface area contributed by atoms with E-state index in [0.717, 1.165) is 16.2 Å². The lowest BCUT2D eigenvalue weighted by molar-refractivity contribution is -0.862. The topological polar surface area (TPSA) is 62.6 Å². The predicted octanol–water partition coefficient (Wildman–Crippen LogP) is 0.904. The Labute approximate surface area is 146 Å². The lowest BCUT2D eigenvalue weighted by atomic mass is 10.2. The lowest BCUT2D eigenvalue weighted by Crippen LogP contribution is -3.11. The van der Waals surface area contributed by atoms with Gasteiger partial charge in [0.15, 0.2) is 13.1 Å². The maximum absolute atomic E-state index is 13.5. The normalized spacial score (nSPS) is 11.6. The molecule has 2 rings (SSSR count). The second-order valence-electron chi connectivity index (χ2n) is 6.09. The Bertz CT molecular complexity index is 732. The van der Waals surface area contributed by atoms with E-state index in [9.17, 15) is 14.0 Å². The van der Waals surface area contributed by atoms with Crippen LogP contribution in [0.4, 0.5) is 10.1 Å². The zero-order chi connectivity index (χ0) is 18.2. The molecule has 2 amide bonds. The van der Waals surface area contributed by atoms with Crippen LogP contribution in [-0.4, -0.2) is 32.0 Å². The number of nitrogens with one attached hydrogen (secondary N) is 3. The molecule has 0 aliphatic carbocycles. The van der Waals surface area contributed by atoms with Crippen molar-refractivity contribution in [1.29, 1.82) is 0 Å². The Balaban J connectivity index is 1.74. The summed E-state index contributed by atoms with van der Waals surface area (Å²) in [5.74, 6) is -0.742. The summed E-state index contributed by atoms with van der Waals surface area (Å²) < 4.78 is 13.5. The quantitative estimate of drug-likeness (QED) is 0.699. The van der Waals surface area contributed by atoms with Gasteiger partial charge >= 0.3 is 0 Å². The number of amides is 2. The molecule has 0 heterocycles. The highest BCUT2D eigenvalue weighted by atomic mass is 19.1. The Morgan fingerprint density at radius 2 is 1.64 bits per heavy atom. The number of quaternary nitrogens is 1. The third-order valence-corrected chi connectivity index (χ3v) is 3.69. The molecule has 2 aromatic carbocycles. The number of hydrogen-bond acceptors (Lipinski definition) is 2. The minimum Gasteiger partial charge on any atom is -0.347 e. The lowest BCUT2D eigenvalue weighted by Gasteiger charge is -2.14. The van der Waals surface area contributed by atoms with Gasteiger partial charge in [0.1, 0.15) is 5.82 Å². The molecule has 3 N–H and O–H groups in total. The molecule has 0 radical (unpaired) electrons. The molecule has 6 heteroatoms. The first-order valence-corrected chi connectivity index (χ1v) is 8.12. The summed E-state index contributed by atoms with van der Waals surface area (Å²) in [5, 5.41) is 5.47. The van der Waals surface area contributed by atoms with E-state index in [4.69, 9.17) is 0 Å². The Kier molecular flexibility index (Phi) is 6.65. The number of hydrogen-bond donors (Lipinski definition) is 3. The van der Waals surface area contributed by atoms with Gasteiger partial charge in [-0.05, 0) is 25.1 Å². The van der Waals surface area contributed by atoms with Crippen LogP contribution in [0, 0.1) is 12.7 Å². The standard InChI is InChI=1S/C19H22FN3O2/c1-14-7-9-16(10-8-14)22-19(25)13-23(2)12-18(24)21-11-15-5-3-4-6-17(15)20/h3-10H,11-13H2,1-2H3,(H,21,24)(H,22,25)/p+1. The molecule has 0 saturated carbocycles. The third kappa shape index (κ3) is 6.35. The van der Waals surface area contributed by atoms with E-state index in [-0.39, 0.29) is 37.3 Å². The average molecular weight is 344 g/mol. The van der Waals surface area contributed by atoms with Crippen molar-refractivity contribution in [3.63, 3.8) is 0 Å². The van der Waals surface area contributed by atoms with Crippen LogP contribution in [-0.2, 0) is 16.1 Å². The fraction of sp³-hybridized carbons (Fsp3) is 0.263. The minimum atomic E-state index is -0.346. The van der Waals surface area contributed by atoms with Gasteiger partial charge in [0, 0.05) is 17.8 Å². The number of rotatable bonds is 7. The number of carbonyl (C=O) groups excluding carboxylic acids is 2. The molecular formula is C19H23FN3O2+. The molecule has 0 spiro atoms. The first-order chi connectivity index (χ1) is 11.9. The second-order valence-corrected chi connectivity index (χ2v) is 6.09. The number of benzene rings is 2. The third-order valence-electron chi connectivity index (χ3n) is 3.69. The molecule has 0 saturated heterocycles. The van der Waals surface area contributed by atoms with E-state index in [1.54, 1.807) is 25.2 Å². The van der Waals surface area contributed by atoms with Crippen molar-refractivity contribution in [1.82, 2.24) is 5.32 Å². The minimum absolute atomic E-state index is 0.133. The van der Waals surface area contributed by atoms with Crippen molar-refractivity contribution in [2.45, 2.75) is 13.5 Å². The van der Waals surface area contributed by atoms with Crippen molar-refractivity contribution in [2.24, 2.45) is 0 Å². The number of aryl methyl sites for hydroxylation is 1. The van der Waals surface area contributed by atoms with Crippen LogP contribution in [0.2, 0.25) is 0 Å². The molecule has 0 aliphatic heterocycles.